The van der Waals surface area contributed by atoms with Crippen molar-refractivity contribution >= 4 is 5.78 Å². The Morgan fingerprint density at radius 3 is 2.91 bits per heavy atom. The third kappa shape index (κ3) is 2.58. The van der Waals surface area contributed by atoms with Crippen LogP contribution >= 0.6 is 0 Å². The molecule has 1 rings (SSSR count). The van der Waals surface area contributed by atoms with E-state index >= 15 is 0 Å². The minimum absolute atomic E-state index is 0.208. The summed E-state index contributed by atoms with van der Waals surface area (Å²) < 4.78 is 12.6. The zero-order valence-electron chi connectivity index (χ0n) is 6.85. The highest BCUT2D eigenvalue weighted by atomic mass is 19.1. The standard InChI is InChI=1S/C8H14FNO/c1-2-8(11)6-10-4-3-7(9)5-10/h7H,2-6H2,1H3/t7-/m0/s1. The van der Waals surface area contributed by atoms with Crippen molar-refractivity contribution in [2.45, 2.75) is 25.9 Å². The molecule has 0 aromatic heterocycles. The predicted molar refractivity (Wildman–Crippen MR) is 41.3 cm³/mol. The number of rotatable bonds is 3. The van der Waals surface area contributed by atoms with Crippen LogP contribution in [0.5, 0.6) is 0 Å². The number of alkyl halides is 1. The summed E-state index contributed by atoms with van der Waals surface area (Å²) in [5, 5.41) is 0. The maximum Gasteiger partial charge on any atom is 0.146 e. The van der Waals surface area contributed by atoms with Crippen LogP contribution in [0.4, 0.5) is 4.39 Å². The van der Waals surface area contributed by atoms with Gasteiger partial charge in [0.2, 0.25) is 0 Å². The van der Waals surface area contributed by atoms with Crippen molar-refractivity contribution in [1.82, 2.24) is 4.90 Å². The summed E-state index contributed by atoms with van der Waals surface area (Å²) in [5.41, 5.74) is 0. The molecular weight excluding hydrogens is 145 g/mol. The van der Waals surface area contributed by atoms with Gasteiger partial charge < -0.3 is 0 Å². The number of carbonyl (C=O) groups excluding carboxylic acids is 1. The van der Waals surface area contributed by atoms with Gasteiger partial charge in [-0.05, 0) is 6.42 Å². The first-order valence-corrected chi connectivity index (χ1v) is 4.10. The van der Waals surface area contributed by atoms with Crippen LogP contribution in [0.2, 0.25) is 0 Å². The van der Waals surface area contributed by atoms with E-state index in [2.05, 4.69) is 0 Å². The van der Waals surface area contributed by atoms with Gasteiger partial charge in [-0.3, -0.25) is 9.69 Å². The molecule has 0 N–H and O–H groups in total. The second-order valence-electron chi connectivity index (χ2n) is 3.01. The average molecular weight is 159 g/mol. The molecule has 0 aromatic rings. The fourth-order valence-electron chi connectivity index (χ4n) is 1.29. The molecule has 1 heterocycles. The van der Waals surface area contributed by atoms with Crippen molar-refractivity contribution < 1.29 is 9.18 Å². The molecule has 1 aliphatic heterocycles. The van der Waals surface area contributed by atoms with E-state index in [9.17, 15) is 9.18 Å². The highest BCUT2D eigenvalue weighted by Gasteiger charge is 2.22. The molecule has 3 heteroatoms. The molecule has 0 amide bonds. The lowest BCUT2D eigenvalue weighted by molar-refractivity contribution is -0.119. The Kier molecular flexibility index (Phi) is 3.00. The van der Waals surface area contributed by atoms with Crippen LogP contribution < -0.4 is 0 Å². The fraction of sp³-hybridized carbons (Fsp3) is 0.875. The van der Waals surface area contributed by atoms with Gasteiger partial charge in [0.15, 0.2) is 0 Å². The zero-order chi connectivity index (χ0) is 8.27. The monoisotopic (exact) mass is 159 g/mol. The van der Waals surface area contributed by atoms with E-state index in [-0.39, 0.29) is 5.78 Å². The topological polar surface area (TPSA) is 20.3 Å². The molecular formula is C8H14FNO. The van der Waals surface area contributed by atoms with E-state index in [1.807, 2.05) is 11.8 Å². The van der Waals surface area contributed by atoms with E-state index in [0.29, 0.717) is 25.9 Å². The van der Waals surface area contributed by atoms with E-state index in [0.717, 1.165) is 6.54 Å². The predicted octanol–water partition coefficient (Wildman–Crippen LogP) is 1.01. The van der Waals surface area contributed by atoms with Crippen molar-refractivity contribution in [3.05, 3.63) is 0 Å². The summed E-state index contributed by atoms with van der Waals surface area (Å²) in [6, 6.07) is 0. The molecule has 0 saturated carbocycles. The minimum atomic E-state index is -0.709. The van der Waals surface area contributed by atoms with E-state index < -0.39 is 6.17 Å². The van der Waals surface area contributed by atoms with Gasteiger partial charge in [-0.2, -0.15) is 0 Å². The van der Waals surface area contributed by atoms with E-state index in [1.165, 1.54) is 0 Å². The third-order valence-corrected chi connectivity index (χ3v) is 2.01. The van der Waals surface area contributed by atoms with E-state index in [4.69, 9.17) is 0 Å². The maximum atomic E-state index is 12.6. The van der Waals surface area contributed by atoms with Crippen LogP contribution in [0.3, 0.4) is 0 Å². The fourth-order valence-corrected chi connectivity index (χ4v) is 1.29. The molecule has 0 spiro atoms. The Bertz CT molecular complexity index is 149. The minimum Gasteiger partial charge on any atom is -0.298 e. The summed E-state index contributed by atoms with van der Waals surface area (Å²) in [6.07, 6.45) is 0.449. The van der Waals surface area contributed by atoms with Crippen LogP contribution in [0.25, 0.3) is 0 Å². The number of carbonyl (C=O) groups is 1. The molecule has 0 radical (unpaired) electrons. The first-order chi connectivity index (χ1) is 5.22. The molecule has 1 fully saturated rings. The number of nitrogens with zero attached hydrogens (tertiary/aromatic N) is 1. The highest BCUT2D eigenvalue weighted by Crippen LogP contribution is 2.11. The number of Topliss-reactive ketones (excluding diaryl/α,β-unsaturated/α-hetero) is 1. The van der Waals surface area contributed by atoms with Gasteiger partial charge in [0.25, 0.3) is 0 Å². The summed E-state index contributed by atoms with van der Waals surface area (Å²) in [5.74, 6) is 0.208. The number of likely N-dealkylation sites (tertiary alicyclic amines) is 1. The average Bonchev–Trinajstić information content (AvgIpc) is 2.35. The van der Waals surface area contributed by atoms with Crippen LogP contribution in [0.15, 0.2) is 0 Å². The smallest absolute Gasteiger partial charge is 0.146 e. The Morgan fingerprint density at radius 2 is 2.45 bits per heavy atom. The van der Waals surface area contributed by atoms with Gasteiger partial charge in [-0.1, -0.05) is 6.92 Å². The lowest BCUT2D eigenvalue weighted by atomic mass is 10.3. The van der Waals surface area contributed by atoms with Gasteiger partial charge in [0.1, 0.15) is 12.0 Å². The SMILES string of the molecule is CCC(=O)CN1CC[C@H](F)C1. The Labute approximate surface area is 66.4 Å². The van der Waals surface area contributed by atoms with Crippen molar-refractivity contribution in [3.63, 3.8) is 0 Å². The molecule has 0 unspecified atom stereocenters. The van der Waals surface area contributed by atoms with Gasteiger partial charge in [-0.25, -0.2) is 4.39 Å². The summed E-state index contributed by atoms with van der Waals surface area (Å²) >= 11 is 0. The molecule has 1 atom stereocenters. The highest BCUT2D eigenvalue weighted by molar-refractivity contribution is 5.80. The van der Waals surface area contributed by atoms with Gasteiger partial charge in [-0.15, -0.1) is 0 Å². The summed E-state index contributed by atoms with van der Waals surface area (Å²) in [6.45, 7) is 3.47. The zero-order valence-corrected chi connectivity index (χ0v) is 6.85. The third-order valence-electron chi connectivity index (χ3n) is 2.01. The van der Waals surface area contributed by atoms with Gasteiger partial charge in [0.05, 0.1) is 6.54 Å². The summed E-state index contributed by atoms with van der Waals surface area (Å²) in [4.78, 5) is 12.8. The lowest BCUT2D eigenvalue weighted by Crippen LogP contribution is -2.27. The quantitative estimate of drug-likeness (QED) is 0.612. The first-order valence-electron chi connectivity index (χ1n) is 4.10. The molecule has 0 aliphatic carbocycles. The Hall–Kier alpha value is -0.440. The van der Waals surface area contributed by atoms with E-state index in [1.54, 1.807) is 0 Å². The second kappa shape index (κ2) is 3.81. The molecule has 64 valence electrons. The molecule has 11 heavy (non-hydrogen) atoms. The van der Waals surface area contributed by atoms with Crippen molar-refractivity contribution in [3.8, 4) is 0 Å². The molecule has 0 aromatic carbocycles. The van der Waals surface area contributed by atoms with Crippen molar-refractivity contribution in [2.75, 3.05) is 19.6 Å². The molecule has 1 aliphatic rings. The molecule has 0 bridgehead atoms. The molecule has 2 nitrogen and oxygen atoms in total. The van der Waals surface area contributed by atoms with Crippen LogP contribution in [0.1, 0.15) is 19.8 Å². The number of hydrogen-bond donors (Lipinski definition) is 0. The van der Waals surface area contributed by atoms with Crippen LogP contribution in [-0.4, -0.2) is 36.5 Å². The normalized spacial score (nSPS) is 25.8. The lowest BCUT2D eigenvalue weighted by Gasteiger charge is -2.11. The first kappa shape index (κ1) is 8.65. The maximum absolute atomic E-state index is 12.6. The summed E-state index contributed by atoms with van der Waals surface area (Å²) in [7, 11) is 0. The number of hydrogen-bond acceptors (Lipinski definition) is 2. The largest absolute Gasteiger partial charge is 0.298 e. The van der Waals surface area contributed by atoms with Crippen LogP contribution in [-0.2, 0) is 4.79 Å². The number of ketones is 1. The Balaban J connectivity index is 2.23. The van der Waals surface area contributed by atoms with Crippen molar-refractivity contribution in [2.24, 2.45) is 0 Å². The Morgan fingerprint density at radius 1 is 1.73 bits per heavy atom. The number of halogens is 1. The second-order valence-corrected chi connectivity index (χ2v) is 3.01. The van der Waals surface area contributed by atoms with Crippen LogP contribution in [0, 0.1) is 0 Å². The molecule has 1 saturated heterocycles. The van der Waals surface area contributed by atoms with Crippen molar-refractivity contribution in [1.29, 1.82) is 0 Å². The van der Waals surface area contributed by atoms with Gasteiger partial charge in [0, 0.05) is 19.5 Å². The van der Waals surface area contributed by atoms with Gasteiger partial charge >= 0.3 is 0 Å².